The van der Waals surface area contributed by atoms with Gasteiger partial charge in [0.05, 0.1) is 16.9 Å². The molecule has 1 saturated heterocycles. The van der Waals surface area contributed by atoms with Crippen LogP contribution in [0.1, 0.15) is 22.8 Å². The van der Waals surface area contributed by atoms with Crippen molar-refractivity contribution in [1.29, 1.82) is 0 Å². The summed E-state index contributed by atoms with van der Waals surface area (Å²) < 4.78 is 27.5. The van der Waals surface area contributed by atoms with Crippen LogP contribution in [0.3, 0.4) is 0 Å². The monoisotopic (exact) mass is 298 g/mol. The van der Waals surface area contributed by atoms with Crippen molar-refractivity contribution in [3.63, 3.8) is 0 Å². The summed E-state index contributed by atoms with van der Waals surface area (Å²) in [6.45, 7) is 5.41. The first-order valence-electron chi connectivity index (χ1n) is 5.87. The van der Waals surface area contributed by atoms with E-state index in [-0.39, 0.29) is 16.9 Å². The van der Waals surface area contributed by atoms with E-state index in [9.17, 15) is 13.4 Å². The van der Waals surface area contributed by atoms with Gasteiger partial charge in [-0.1, -0.05) is 6.58 Å². The minimum Gasteiger partial charge on any atom is -0.478 e. The summed E-state index contributed by atoms with van der Waals surface area (Å²) in [5.74, 6) is -1.15. The van der Waals surface area contributed by atoms with Crippen molar-refractivity contribution < 1.29 is 18.5 Å². The fraction of sp³-hybridized carbons (Fsp3) is 0.308. The molecule has 1 aliphatic rings. The number of benzene rings is 1. The smallest absolute Gasteiger partial charge is 0.335 e. The average molecular weight is 298 g/mol. The number of hydrogen-bond acceptors (Lipinski definition) is 3. The number of carboxylic acid groups (broad SMARTS) is 1. The summed E-state index contributed by atoms with van der Waals surface area (Å²) >= 11 is 0. The third-order valence-electron chi connectivity index (χ3n) is 3.33. The average Bonchev–Trinajstić information content (AvgIpc) is 2.36. The zero-order chi connectivity index (χ0) is 15.1. The molecule has 2 atom stereocenters. The van der Waals surface area contributed by atoms with Crippen LogP contribution in [-0.2, 0) is 16.5 Å². The molecule has 2 N–H and O–H groups in total. The predicted molar refractivity (Wildman–Crippen MR) is 73.8 cm³/mol. The van der Waals surface area contributed by atoms with Gasteiger partial charge in [0, 0.05) is 12.6 Å². The van der Waals surface area contributed by atoms with Gasteiger partial charge < -0.3 is 10.4 Å². The van der Waals surface area contributed by atoms with Crippen LogP contribution in [-0.4, -0.2) is 32.4 Å². The van der Waals surface area contributed by atoms with Gasteiger partial charge in [0.2, 0.25) is 0 Å². The van der Waals surface area contributed by atoms with Crippen molar-refractivity contribution in [3.05, 3.63) is 47.5 Å². The van der Waals surface area contributed by atoms with Crippen LogP contribution in [0.5, 0.6) is 0 Å². The number of halogens is 1. The second kappa shape index (κ2) is 4.90. The Morgan fingerprint density at radius 3 is 2.80 bits per heavy atom. The second-order valence-electron chi connectivity index (χ2n) is 4.87. The first kappa shape index (κ1) is 14.5. The van der Waals surface area contributed by atoms with Gasteiger partial charge in [0.1, 0.15) is 22.6 Å². The lowest BCUT2D eigenvalue weighted by Crippen LogP contribution is -2.53. The highest BCUT2D eigenvalue weighted by Gasteiger charge is 2.38. The van der Waals surface area contributed by atoms with Crippen molar-refractivity contribution in [1.82, 2.24) is 9.62 Å². The number of nitrogens with one attached hydrogen (secondary N) is 1. The van der Waals surface area contributed by atoms with Crippen LogP contribution in [0.15, 0.2) is 30.6 Å². The van der Waals surface area contributed by atoms with Crippen molar-refractivity contribution in [3.8, 4) is 0 Å². The molecule has 0 bridgehead atoms. The Hall–Kier alpha value is -1.89. The third-order valence-corrected chi connectivity index (χ3v) is 4.98. The van der Waals surface area contributed by atoms with Crippen molar-refractivity contribution in [2.75, 3.05) is 12.8 Å². The summed E-state index contributed by atoms with van der Waals surface area (Å²) in [6, 6.07) is 3.57. The number of rotatable bonds is 2. The molecule has 1 heterocycles. The Balaban J connectivity index is 2.49. The Morgan fingerprint density at radius 1 is 1.60 bits per heavy atom. The van der Waals surface area contributed by atoms with E-state index in [2.05, 4.69) is 11.9 Å². The Labute approximate surface area is 118 Å². The van der Waals surface area contributed by atoms with Crippen LogP contribution in [0.2, 0.25) is 0 Å². The van der Waals surface area contributed by atoms with E-state index in [0.29, 0.717) is 5.82 Å². The van der Waals surface area contributed by atoms with E-state index in [1.165, 1.54) is 16.4 Å². The molecule has 0 spiro atoms. The van der Waals surface area contributed by atoms with E-state index < -0.39 is 28.3 Å². The van der Waals surface area contributed by atoms with Crippen LogP contribution in [0.4, 0.5) is 4.39 Å². The molecule has 0 saturated carbocycles. The van der Waals surface area contributed by atoms with Gasteiger partial charge in [-0.2, -0.15) is 0 Å². The fourth-order valence-corrected chi connectivity index (χ4v) is 3.33. The van der Waals surface area contributed by atoms with Gasteiger partial charge in [-0.05, 0) is 25.1 Å². The summed E-state index contributed by atoms with van der Waals surface area (Å²) in [5.41, 5.74) is -0.816. The fourth-order valence-electron chi connectivity index (χ4n) is 2.13. The highest BCUT2D eigenvalue weighted by atomic mass is 32.2. The Kier molecular flexibility index (Phi) is 3.56. The van der Waals surface area contributed by atoms with Gasteiger partial charge in [-0.25, -0.2) is 13.4 Å². The third kappa shape index (κ3) is 2.40. The molecule has 20 heavy (non-hydrogen) atoms. The molecule has 2 rings (SSSR count). The topological polar surface area (TPSA) is 69.6 Å². The number of carbonyl (C=O) groups is 1. The number of hydrogen-bond donors (Lipinski definition) is 2. The Morgan fingerprint density at radius 2 is 2.25 bits per heavy atom. The predicted octanol–water partition coefficient (Wildman–Crippen LogP) is 1.41. The van der Waals surface area contributed by atoms with Crippen LogP contribution < -0.4 is 5.32 Å². The van der Waals surface area contributed by atoms with Gasteiger partial charge >= 0.3 is 5.97 Å². The lowest BCUT2D eigenvalue weighted by Gasteiger charge is -2.41. The van der Waals surface area contributed by atoms with Crippen molar-refractivity contribution in [2.24, 2.45) is 0 Å². The minimum atomic E-state index is -1.35. The maximum atomic E-state index is 14.0. The van der Waals surface area contributed by atoms with Gasteiger partial charge in [-0.3, -0.25) is 4.31 Å². The molecule has 0 radical (unpaired) electrons. The first-order valence-corrected chi connectivity index (χ1v) is 7.15. The van der Waals surface area contributed by atoms with E-state index in [1.54, 1.807) is 14.0 Å². The normalized spacial score (nSPS) is 26.2. The molecule has 1 aliphatic heterocycles. The zero-order valence-corrected chi connectivity index (χ0v) is 12.0. The molecule has 1 unspecified atom stereocenters. The van der Waals surface area contributed by atoms with Crippen molar-refractivity contribution in [2.45, 2.75) is 12.5 Å². The van der Waals surface area contributed by atoms with Gasteiger partial charge in [0.25, 0.3) is 0 Å². The SMILES string of the molecule is C=C1N[C@](C)(c2cc(C(=O)O)ccc2F)CS(=O)N1C. The summed E-state index contributed by atoms with van der Waals surface area (Å²) in [4.78, 5) is 11.0. The molecule has 1 aromatic rings. The van der Waals surface area contributed by atoms with Crippen LogP contribution >= 0.6 is 0 Å². The summed E-state index contributed by atoms with van der Waals surface area (Å²) in [7, 11) is 0.267. The highest BCUT2D eigenvalue weighted by molar-refractivity contribution is 7.82. The molecule has 1 aromatic carbocycles. The molecular weight excluding hydrogens is 283 g/mol. The van der Waals surface area contributed by atoms with Gasteiger partial charge in [0.15, 0.2) is 0 Å². The molecule has 7 heteroatoms. The summed E-state index contributed by atoms with van der Waals surface area (Å²) in [6.07, 6.45) is 0. The van der Waals surface area contributed by atoms with E-state index in [0.717, 1.165) is 6.07 Å². The standard InChI is InChI=1S/C13H15FN2O3S/c1-8-15-13(2,7-20(19)16(8)3)10-6-9(12(17)18)4-5-11(10)14/h4-6,15H,1,7H2,2-3H3,(H,17,18)/t13-,20?/m0/s1. The number of aromatic carboxylic acids is 1. The number of nitrogens with zero attached hydrogens (tertiary/aromatic N) is 1. The van der Waals surface area contributed by atoms with Crippen molar-refractivity contribution >= 4 is 17.0 Å². The first-order chi connectivity index (χ1) is 9.24. The second-order valence-corrected chi connectivity index (χ2v) is 6.35. The van der Waals surface area contributed by atoms with Crippen LogP contribution in [0.25, 0.3) is 0 Å². The highest BCUT2D eigenvalue weighted by Crippen LogP contribution is 2.31. The van der Waals surface area contributed by atoms with Crippen LogP contribution in [0, 0.1) is 5.82 Å². The van der Waals surface area contributed by atoms with E-state index in [4.69, 9.17) is 5.11 Å². The molecule has 0 amide bonds. The maximum Gasteiger partial charge on any atom is 0.335 e. The van der Waals surface area contributed by atoms with E-state index in [1.807, 2.05) is 0 Å². The molecule has 1 fully saturated rings. The van der Waals surface area contributed by atoms with E-state index >= 15 is 0 Å². The largest absolute Gasteiger partial charge is 0.478 e. The number of carboxylic acids is 1. The Bertz CT molecular complexity index is 600. The quantitative estimate of drug-likeness (QED) is 0.866. The molecule has 0 aliphatic carbocycles. The maximum absolute atomic E-state index is 14.0. The lowest BCUT2D eigenvalue weighted by molar-refractivity contribution is 0.0696. The minimum absolute atomic E-state index is 0.0141. The molecular formula is C13H15FN2O3S. The lowest BCUT2D eigenvalue weighted by atomic mass is 9.91. The molecule has 108 valence electrons. The molecule has 0 aromatic heterocycles. The summed E-state index contributed by atoms with van der Waals surface area (Å²) in [5, 5.41) is 12.0. The van der Waals surface area contributed by atoms with Gasteiger partial charge in [-0.15, -0.1) is 0 Å². The zero-order valence-electron chi connectivity index (χ0n) is 11.1. The molecule has 5 nitrogen and oxygen atoms in total.